The van der Waals surface area contributed by atoms with E-state index in [9.17, 15) is 4.79 Å². The van der Waals surface area contributed by atoms with Crippen LogP contribution in [0.3, 0.4) is 0 Å². The molecule has 0 rings (SSSR count). The zero-order valence-corrected chi connectivity index (χ0v) is 5.35. The summed E-state index contributed by atoms with van der Waals surface area (Å²) < 4.78 is 0. The standard InChI is InChI=1S/C6H12O2.Li.H/c1-3-5(4-2)6(7)8;;/h5H,3-4H2,1-2H3,(H,7,8);;. The predicted molar refractivity (Wildman–Crippen MR) is 38.9 cm³/mol. The van der Waals surface area contributed by atoms with Crippen molar-refractivity contribution in [3.8, 4) is 0 Å². The quantitative estimate of drug-likeness (QED) is 0.566. The summed E-state index contributed by atoms with van der Waals surface area (Å²) in [6.07, 6.45) is 1.48. The SMILES string of the molecule is CCC(CC)C(=O)O.[LiH]. The summed E-state index contributed by atoms with van der Waals surface area (Å²) in [5.41, 5.74) is 0. The molecule has 0 saturated heterocycles. The van der Waals surface area contributed by atoms with Gasteiger partial charge in [-0.2, -0.15) is 0 Å². The molecule has 0 unspecified atom stereocenters. The summed E-state index contributed by atoms with van der Waals surface area (Å²) in [6.45, 7) is 3.78. The van der Waals surface area contributed by atoms with Gasteiger partial charge in [0.05, 0.1) is 5.92 Å². The molecule has 1 N–H and O–H groups in total. The van der Waals surface area contributed by atoms with Crippen LogP contribution in [0, 0.1) is 5.92 Å². The molecule has 0 radical (unpaired) electrons. The number of carboxylic acids is 1. The fourth-order valence-electron chi connectivity index (χ4n) is 0.638. The second-order valence-corrected chi connectivity index (χ2v) is 1.85. The Bertz CT molecular complexity index is 79.1. The van der Waals surface area contributed by atoms with Gasteiger partial charge in [0.25, 0.3) is 0 Å². The average molecular weight is 124 g/mol. The molecular formula is C6H13LiO2. The van der Waals surface area contributed by atoms with Crippen molar-refractivity contribution in [1.82, 2.24) is 0 Å². The first-order chi connectivity index (χ1) is 3.72. The summed E-state index contributed by atoms with van der Waals surface area (Å²) in [4.78, 5) is 10.2. The van der Waals surface area contributed by atoms with E-state index in [0.29, 0.717) is 0 Å². The Labute approximate surface area is 67.8 Å². The fourth-order valence-corrected chi connectivity index (χ4v) is 0.638. The third kappa shape index (κ3) is 4.56. The van der Waals surface area contributed by atoms with Gasteiger partial charge in [0.2, 0.25) is 0 Å². The van der Waals surface area contributed by atoms with Gasteiger partial charge in [-0.15, -0.1) is 0 Å². The third-order valence-corrected chi connectivity index (χ3v) is 1.33. The monoisotopic (exact) mass is 124 g/mol. The minimum absolute atomic E-state index is 0. The van der Waals surface area contributed by atoms with E-state index in [1.54, 1.807) is 0 Å². The second-order valence-electron chi connectivity index (χ2n) is 1.85. The molecule has 0 bridgehead atoms. The van der Waals surface area contributed by atoms with Crippen LogP contribution in [0.1, 0.15) is 26.7 Å². The van der Waals surface area contributed by atoms with Gasteiger partial charge in [-0.05, 0) is 12.8 Å². The molecule has 0 heterocycles. The van der Waals surface area contributed by atoms with Crippen molar-refractivity contribution in [1.29, 1.82) is 0 Å². The Morgan fingerprint density at radius 2 is 1.78 bits per heavy atom. The minimum atomic E-state index is -0.671. The molecular weight excluding hydrogens is 111 g/mol. The van der Waals surface area contributed by atoms with Gasteiger partial charge in [-0.1, -0.05) is 13.8 Å². The average Bonchev–Trinajstić information content (AvgIpc) is 1.69. The molecule has 50 valence electrons. The normalized spacial score (nSPS) is 8.78. The van der Waals surface area contributed by atoms with E-state index in [1.807, 2.05) is 13.8 Å². The van der Waals surface area contributed by atoms with Crippen LogP contribution in [0.15, 0.2) is 0 Å². The molecule has 0 amide bonds. The van der Waals surface area contributed by atoms with E-state index >= 15 is 0 Å². The van der Waals surface area contributed by atoms with Crippen molar-refractivity contribution in [3.63, 3.8) is 0 Å². The van der Waals surface area contributed by atoms with Crippen LogP contribution >= 0.6 is 0 Å². The first kappa shape index (κ1) is 11.8. The van der Waals surface area contributed by atoms with E-state index < -0.39 is 5.97 Å². The van der Waals surface area contributed by atoms with Crippen molar-refractivity contribution >= 4 is 24.8 Å². The van der Waals surface area contributed by atoms with Gasteiger partial charge >= 0.3 is 24.8 Å². The number of carboxylic acid groups (broad SMARTS) is 1. The number of rotatable bonds is 3. The van der Waals surface area contributed by atoms with Crippen LogP contribution in [-0.2, 0) is 4.79 Å². The second kappa shape index (κ2) is 6.19. The molecule has 0 aromatic carbocycles. The summed E-state index contributed by atoms with van der Waals surface area (Å²) in [7, 11) is 0. The molecule has 9 heavy (non-hydrogen) atoms. The van der Waals surface area contributed by atoms with E-state index in [0.717, 1.165) is 12.8 Å². The maximum atomic E-state index is 10.2. The summed E-state index contributed by atoms with van der Waals surface area (Å²) in [5, 5.41) is 8.37. The summed E-state index contributed by atoms with van der Waals surface area (Å²) in [6, 6.07) is 0. The van der Waals surface area contributed by atoms with Crippen molar-refractivity contribution in [2.45, 2.75) is 26.7 Å². The molecule has 0 fully saturated rings. The Hall–Kier alpha value is 0.0674. The fraction of sp³-hybridized carbons (Fsp3) is 0.833. The first-order valence-electron chi connectivity index (χ1n) is 2.95. The van der Waals surface area contributed by atoms with Crippen molar-refractivity contribution in [2.24, 2.45) is 5.92 Å². The van der Waals surface area contributed by atoms with Gasteiger partial charge in [0, 0.05) is 0 Å². The molecule has 0 aromatic rings. The molecule has 0 aliphatic heterocycles. The van der Waals surface area contributed by atoms with Crippen molar-refractivity contribution in [3.05, 3.63) is 0 Å². The summed E-state index contributed by atoms with van der Waals surface area (Å²) >= 11 is 0. The van der Waals surface area contributed by atoms with Crippen LogP contribution < -0.4 is 0 Å². The third-order valence-electron chi connectivity index (χ3n) is 1.33. The van der Waals surface area contributed by atoms with Crippen LogP contribution in [0.4, 0.5) is 0 Å². The number of aliphatic carboxylic acids is 1. The Morgan fingerprint density at radius 3 is 1.78 bits per heavy atom. The predicted octanol–water partition coefficient (Wildman–Crippen LogP) is 0.859. The molecule has 0 aromatic heterocycles. The van der Waals surface area contributed by atoms with Crippen LogP contribution in [0.5, 0.6) is 0 Å². The Morgan fingerprint density at radius 1 is 1.44 bits per heavy atom. The number of hydrogen-bond donors (Lipinski definition) is 1. The van der Waals surface area contributed by atoms with E-state index in [-0.39, 0.29) is 24.8 Å². The first-order valence-corrected chi connectivity index (χ1v) is 2.95. The number of carbonyl (C=O) groups is 1. The van der Waals surface area contributed by atoms with E-state index in [1.165, 1.54) is 0 Å². The molecule has 0 aliphatic carbocycles. The van der Waals surface area contributed by atoms with Gasteiger partial charge in [0.15, 0.2) is 0 Å². The van der Waals surface area contributed by atoms with Gasteiger partial charge in [-0.3, -0.25) is 4.79 Å². The topological polar surface area (TPSA) is 37.3 Å². The van der Waals surface area contributed by atoms with E-state index in [2.05, 4.69) is 0 Å². The Kier molecular flexibility index (Phi) is 8.13. The Balaban J connectivity index is 0. The van der Waals surface area contributed by atoms with Gasteiger partial charge in [0.1, 0.15) is 0 Å². The van der Waals surface area contributed by atoms with Gasteiger partial charge in [-0.25, -0.2) is 0 Å². The van der Waals surface area contributed by atoms with Crippen molar-refractivity contribution < 1.29 is 9.90 Å². The number of hydrogen-bond acceptors (Lipinski definition) is 1. The summed E-state index contributed by atoms with van der Waals surface area (Å²) in [5.74, 6) is -0.801. The molecule has 3 heteroatoms. The maximum absolute atomic E-state index is 10.2. The van der Waals surface area contributed by atoms with E-state index in [4.69, 9.17) is 5.11 Å². The molecule has 0 saturated carbocycles. The molecule has 2 nitrogen and oxygen atoms in total. The van der Waals surface area contributed by atoms with Crippen LogP contribution in [0.2, 0.25) is 0 Å². The zero-order valence-electron chi connectivity index (χ0n) is 5.35. The zero-order chi connectivity index (χ0) is 6.57. The molecule has 0 atom stereocenters. The van der Waals surface area contributed by atoms with Crippen molar-refractivity contribution in [2.75, 3.05) is 0 Å². The van der Waals surface area contributed by atoms with Crippen LogP contribution in [-0.4, -0.2) is 29.9 Å². The molecule has 0 aliphatic rings. The van der Waals surface area contributed by atoms with Gasteiger partial charge < -0.3 is 5.11 Å². The van der Waals surface area contributed by atoms with Crippen LogP contribution in [0.25, 0.3) is 0 Å². The molecule has 0 spiro atoms.